The molecule has 0 aliphatic carbocycles. The van der Waals surface area contributed by atoms with E-state index in [1.54, 1.807) is 58.9 Å². The number of aliphatic hydroxyl groups excluding tert-OH is 1. The molecule has 0 radical (unpaired) electrons. The van der Waals surface area contributed by atoms with Crippen LogP contribution >= 0.6 is 15.0 Å². The van der Waals surface area contributed by atoms with Gasteiger partial charge in [-0.2, -0.15) is 0 Å². The van der Waals surface area contributed by atoms with E-state index in [-0.39, 0.29) is 35.0 Å². The zero-order valence-electron chi connectivity index (χ0n) is 41.1. The van der Waals surface area contributed by atoms with Crippen molar-refractivity contribution >= 4 is 77.3 Å². The molecule has 70 heavy (non-hydrogen) atoms. The quantitative estimate of drug-likeness (QED) is 0.0307. The molecular formula is C44H62N9O12P2SSi2+. The number of aliphatic hydroxyl groups is 1. The number of nitrogens with one attached hydrogen (secondary N) is 1. The Morgan fingerprint density at radius 2 is 1.50 bits per heavy atom. The minimum atomic E-state index is -4.03. The molecule has 2 aliphatic heterocycles. The van der Waals surface area contributed by atoms with Gasteiger partial charge in [0.05, 0.1) is 30.6 Å². The molecule has 2 unspecified atom stereocenters. The number of anilines is 1. The van der Waals surface area contributed by atoms with Crippen LogP contribution in [0, 0.1) is 13.5 Å². The Morgan fingerprint density at radius 3 is 2.14 bits per heavy atom. The van der Waals surface area contributed by atoms with Crippen LogP contribution in [0.25, 0.3) is 27.0 Å². The highest BCUT2D eigenvalue weighted by Crippen LogP contribution is 2.56. The molecule has 4 aromatic heterocycles. The number of benzene rings is 1. The molecule has 0 saturated carbocycles. The Labute approximate surface area is 415 Å². The van der Waals surface area contributed by atoms with Crippen molar-refractivity contribution in [2.45, 2.75) is 134 Å². The summed E-state index contributed by atoms with van der Waals surface area (Å²) < 4.78 is 69.2. The van der Waals surface area contributed by atoms with Crippen molar-refractivity contribution in [2.24, 2.45) is 0 Å². The summed E-state index contributed by atoms with van der Waals surface area (Å²) in [5, 5.41) is 13.6. The molecule has 378 valence electrons. The number of carbonyl (C=O) groups excluding carboxylic acids is 1. The Hall–Kier alpha value is -3.87. The highest BCUT2D eigenvalue weighted by atomic mass is 32.5. The highest BCUT2D eigenvalue weighted by molar-refractivity contribution is 8.07. The van der Waals surface area contributed by atoms with E-state index in [4.69, 9.17) is 54.8 Å². The maximum atomic E-state index is 13.3. The van der Waals surface area contributed by atoms with Gasteiger partial charge >= 0.3 is 15.0 Å². The van der Waals surface area contributed by atoms with Gasteiger partial charge in [-0.25, -0.2) is 31.5 Å². The maximum Gasteiger partial charge on any atom is 0.695 e. The van der Waals surface area contributed by atoms with Crippen molar-refractivity contribution in [2.75, 3.05) is 31.7 Å². The normalized spacial score (nSPS) is 24.5. The molecule has 21 nitrogen and oxygen atoms in total. The van der Waals surface area contributed by atoms with Gasteiger partial charge in [-0.3, -0.25) is 13.9 Å². The van der Waals surface area contributed by atoms with Gasteiger partial charge in [0.25, 0.3) is 5.91 Å². The van der Waals surface area contributed by atoms with Gasteiger partial charge in [-0.05, 0) is 73.2 Å². The molecule has 2 aliphatic rings. The minimum Gasteiger partial charge on any atom is -0.408 e. The summed E-state index contributed by atoms with van der Waals surface area (Å²) in [4.78, 5) is 49.5. The van der Waals surface area contributed by atoms with Gasteiger partial charge < -0.3 is 47.2 Å². The Morgan fingerprint density at radius 1 is 0.871 bits per heavy atom. The SMILES string of the molecule is [C-]#[N+]CCOP(=S)(OC[C@H]1O[C@@H](n2ccc3c(NC(=O)c4ccccc4)ncnc32)[C@H](O[Si](C)(C)C(C)(C)C)[C@@H]1O[P+](=O)O)O[C@@H]1[C@H](O[Si](C)(C)C(C)(C)C)[C@@H](CO)O[C@H]1n1cnc2c(C)ncnc21. The summed E-state index contributed by atoms with van der Waals surface area (Å²) in [6.45, 7) is 24.8. The van der Waals surface area contributed by atoms with Crippen molar-refractivity contribution in [3.8, 4) is 0 Å². The molecule has 26 heteroatoms. The molecule has 7 rings (SSSR count). The van der Waals surface area contributed by atoms with Crippen LogP contribution in [0.15, 0.2) is 61.6 Å². The first kappa shape index (κ1) is 53.9. The standard InChI is InChI=1S/C44H61N9O12P2SSi2/c1-27-32-39(49-24-46-27)53(26-50-32)41-35(34(30(22-54)60-41)64-69(9,10)43(2,3)4)63-67(68,58-21-19-45-8)59-23-31-33(62-66(56)57)36(65-70(11,12)44(5,6)7)42(61-31)52-20-18-29-37(47-25-48-38(29)52)51-40(55)28-16-14-13-15-17-28/h13-18,20,24-26,30-31,33-36,41-42,54H,19,21-23H2,1-7,9-12H3,(H-,47,48,51,55,56,57)/p+1/t30-,31-,33-,34-,35-,36-,41-,42-,67?/m1/s1. The number of rotatable bonds is 19. The number of amides is 1. The third-order valence-corrected chi connectivity index (χ3v) is 25.1. The topological polar surface area (TPSA) is 239 Å². The average Bonchev–Trinajstić information content (AvgIpc) is 4.07. The number of aryl methyl sites for hydroxylation is 1. The van der Waals surface area contributed by atoms with Crippen molar-refractivity contribution in [1.29, 1.82) is 0 Å². The van der Waals surface area contributed by atoms with Crippen molar-refractivity contribution < 1.29 is 55.8 Å². The van der Waals surface area contributed by atoms with Gasteiger partial charge in [-0.1, -0.05) is 59.7 Å². The van der Waals surface area contributed by atoms with E-state index in [2.05, 4.69) is 89.7 Å². The Bertz CT molecular complexity index is 2770. The molecule has 3 N–H and O–H groups in total. The van der Waals surface area contributed by atoms with E-state index in [1.165, 1.54) is 12.7 Å². The maximum absolute atomic E-state index is 13.3. The van der Waals surface area contributed by atoms with E-state index in [0.717, 1.165) is 0 Å². The predicted molar refractivity (Wildman–Crippen MR) is 268 cm³/mol. The third kappa shape index (κ3) is 11.5. The Balaban J connectivity index is 1.27. The van der Waals surface area contributed by atoms with Crippen LogP contribution in [-0.4, -0.2) is 130 Å². The monoisotopic (exact) mass is 1060 g/mol. The number of carbonyl (C=O) groups is 1. The van der Waals surface area contributed by atoms with Crippen molar-refractivity contribution in [3.05, 3.63) is 84.3 Å². The summed E-state index contributed by atoms with van der Waals surface area (Å²) in [6, 6.07) is 10.4. The first-order valence-electron chi connectivity index (χ1n) is 22.7. The summed E-state index contributed by atoms with van der Waals surface area (Å²) in [5.41, 5.74) is 2.38. The highest BCUT2D eigenvalue weighted by Gasteiger charge is 2.57. The molecule has 0 bridgehead atoms. The summed E-state index contributed by atoms with van der Waals surface area (Å²) in [5.74, 6) is -0.126. The molecule has 2 fully saturated rings. The summed E-state index contributed by atoms with van der Waals surface area (Å²) >= 11 is 6.22. The molecule has 5 aromatic rings. The van der Waals surface area contributed by atoms with Crippen LogP contribution in [0.3, 0.4) is 0 Å². The minimum absolute atomic E-state index is 0.0846. The Kier molecular flexibility index (Phi) is 16.4. The van der Waals surface area contributed by atoms with Gasteiger partial charge in [0.15, 0.2) is 40.8 Å². The van der Waals surface area contributed by atoms with E-state index in [1.807, 2.05) is 19.2 Å². The number of imidazole rings is 1. The second kappa shape index (κ2) is 21.3. The van der Waals surface area contributed by atoms with Crippen molar-refractivity contribution in [3.63, 3.8) is 0 Å². The number of hydrogen-bond acceptors (Lipinski definition) is 17. The van der Waals surface area contributed by atoms with Crippen LogP contribution in [0.2, 0.25) is 36.3 Å². The zero-order chi connectivity index (χ0) is 51.0. The molecular weight excluding hydrogens is 997 g/mol. The third-order valence-electron chi connectivity index (χ3n) is 13.4. The number of ether oxygens (including phenoxy) is 2. The molecule has 0 spiro atoms. The second-order valence-electron chi connectivity index (χ2n) is 20.1. The fourth-order valence-corrected chi connectivity index (χ4v) is 12.7. The van der Waals surface area contributed by atoms with Crippen LogP contribution in [0.4, 0.5) is 5.82 Å². The van der Waals surface area contributed by atoms with Gasteiger partial charge in [0.1, 0.15) is 66.8 Å². The lowest BCUT2D eigenvalue weighted by Gasteiger charge is -2.41. The summed E-state index contributed by atoms with van der Waals surface area (Å²) in [7, 11) is -8.61. The number of aromatic nitrogens is 7. The lowest BCUT2D eigenvalue weighted by molar-refractivity contribution is -0.0573. The smallest absolute Gasteiger partial charge is 0.408 e. The average molecular weight is 1060 g/mol. The van der Waals surface area contributed by atoms with Crippen LogP contribution < -0.4 is 5.32 Å². The van der Waals surface area contributed by atoms with Gasteiger partial charge in [0, 0.05) is 16.3 Å². The first-order valence-corrected chi connectivity index (χ1v) is 32.2. The largest absolute Gasteiger partial charge is 0.695 e. The molecule has 1 amide bonds. The fraction of sp³-hybridized carbons (Fsp3) is 0.568. The van der Waals surface area contributed by atoms with Crippen LogP contribution in [-0.2, 0) is 52.8 Å². The number of nitrogens with zero attached hydrogens (tertiary/aromatic N) is 8. The summed E-state index contributed by atoms with van der Waals surface area (Å²) in [6.07, 6.45) is -2.46. The van der Waals surface area contributed by atoms with E-state index in [9.17, 15) is 19.4 Å². The van der Waals surface area contributed by atoms with Crippen LogP contribution in [0.5, 0.6) is 0 Å². The van der Waals surface area contributed by atoms with E-state index in [0.29, 0.717) is 33.5 Å². The molecule has 1 aromatic carbocycles. The molecule has 2 saturated heterocycles. The zero-order valence-corrected chi connectivity index (χ0v) is 45.7. The van der Waals surface area contributed by atoms with Crippen molar-refractivity contribution in [1.82, 2.24) is 34.1 Å². The van der Waals surface area contributed by atoms with Gasteiger partial charge in [-0.15, -0.1) is 9.42 Å². The van der Waals surface area contributed by atoms with E-state index < -0.39 is 93.9 Å². The number of fused-ring (bicyclic) bond motifs is 2. The second-order valence-corrected chi connectivity index (χ2v) is 33.3. The lowest BCUT2D eigenvalue weighted by atomic mass is 10.1. The van der Waals surface area contributed by atoms with Crippen LogP contribution in [0.1, 0.15) is 70.1 Å². The van der Waals surface area contributed by atoms with Gasteiger partial charge in [0.2, 0.25) is 6.54 Å². The predicted octanol–water partition coefficient (Wildman–Crippen LogP) is 8.00. The number of hydrogen-bond donors (Lipinski definition) is 3. The first-order chi connectivity index (χ1) is 32.9. The van der Waals surface area contributed by atoms with E-state index >= 15 is 0 Å². The fourth-order valence-electron chi connectivity index (χ4n) is 7.60. The molecule has 6 heterocycles. The molecule has 10 atom stereocenters. The lowest BCUT2D eigenvalue weighted by Crippen LogP contribution is -2.50.